The highest BCUT2D eigenvalue weighted by Gasteiger charge is 2.41. The molecule has 1 aliphatic heterocycles. The van der Waals surface area contributed by atoms with Crippen molar-refractivity contribution in [1.29, 1.82) is 0 Å². The first kappa shape index (κ1) is 17.5. The molecule has 0 aromatic heterocycles. The molecule has 1 aliphatic rings. The van der Waals surface area contributed by atoms with Crippen molar-refractivity contribution in [3.8, 4) is 5.75 Å². The van der Waals surface area contributed by atoms with Crippen LogP contribution < -0.4 is 0 Å². The molecular formula is C14H12N2O7S. The number of nitro groups is 1. The lowest BCUT2D eigenvalue weighted by Gasteiger charge is -2.18. The third kappa shape index (κ3) is 3.23. The lowest BCUT2D eigenvalue weighted by Crippen LogP contribution is -2.42. The Morgan fingerprint density at radius 1 is 1.46 bits per heavy atom. The number of hydrogen-bond donors (Lipinski definition) is 1. The molecule has 0 spiro atoms. The van der Waals surface area contributed by atoms with E-state index in [1.807, 2.05) is 0 Å². The molecule has 1 heterocycles. The smallest absolute Gasteiger partial charge is 0.328 e. The summed E-state index contributed by atoms with van der Waals surface area (Å²) in [4.78, 5) is 46.8. The Hall–Kier alpha value is -2.88. The topological polar surface area (TPSA) is 127 Å². The van der Waals surface area contributed by atoms with E-state index in [1.54, 1.807) is 0 Å². The number of carbonyl (C=O) groups excluding carboxylic acids is 3. The monoisotopic (exact) mass is 352 g/mol. The molecule has 126 valence electrons. The highest BCUT2D eigenvalue weighted by atomic mass is 32.2. The van der Waals surface area contributed by atoms with E-state index in [0.29, 0.717) is 11.8 Å². The van der Waals surface area contributed by atoms with E-state index in [2.05, 4.69) is 4.74 Å². The average Bonchev–Trinajstić information content (AvgIpc) is 2.79. The fourth-order valence-corrected chi connectivity index (χ4v) is 2.95. The molecule has 0 radical (unpaired) electrons. The Morgan fingerprint density at radius 3 is 2.71 bits per heavy atom. The maximum Gasteiger partial charge on any atom is 0.328 e. The number of rotatable bonds is 4. The van der Waals surface area contributed by atoms with Crippen LogP contribution in [0, 0.1) is 10.1 Å². The van der Waals surface area contributed by atoms with E-state index in [1.165, 1.54) is 6.92 Å². The van der Waals surface area contributed by atoms with Gasteiger partial charge in [-0.15, -0.1) is 0 Å². The normalized spacial score (nSPS) is 17.2. The zero-order chi connectivity index (χ0) is 18.0. The molecule has 24 heavy (non-hydrogen) atoms. The van der Waals surface area contributed by atoms with Gasteiger partial charge >= 0.3 is 5.97 Å². The van der Waals surface area contributed by atoms with Gasteiger partial charge in [-0.25, -0.2) is 4.79 Å². The Labute approximate surface area is 140 Å². The fourth-order valence-electron chi connectivity index (χ4n) is 2.05. The van der Waals surface area contributed by atoms with Crippen LogP contribution in [-0.2, 0) is 14.3 Å². The number of imide groups is 1. The summed E-state index contributed by atoms with van der Waals surface area (Å²) in [5.74, 6) is -1.75. The maximum atomic E-state index is 12.3. The van der Waals surface area contributed by atoms with Gasteiger partial charge in [0.05, 0.1) is 22.5 Å². The van der Waals surface area contributed by atoms with Crippen LogP contribution in [0.15, 0.2) is 23.1 Å². The SMILES string of the molecule is COC(=O)[C@@H](C)N1C(=O)S/C(=C/c2cc(O)ccc2[N+](=O)[O-])C1=O. The molecular weight excluding hydrogens is 340 g/mol. The number of methoxy groups -OCH3 is 1. The van der Waals surface area contributed by atoms with Crippen LogP contribution in [0.3, 0.4) is 0 Å². The van der Waals surface area contributed by atoms with Gasteiger partial charge < -0.3 is 9.84 Å². The molecule has 9 nitrogen and oxygen atoms in total. The number of benzene rings is 1. The predicted octanol–water partition coefficient (Wildman–Crippen LogP) is 1.90. The van der Waals surface area contributed by atoms with Crippen LogP contribution in [0.25, 0.3) is 6.08 Å². The molecule has 2 amide bonds. The van der Waals surface area contributed by atoms with E-state index in [0.717, 1.165) is 36.3 Å². The van der Waals surface area contributed by atoms with Crippen molar-refractivity contribution >= 4 is 40.6 Å². The van der Waals surface area contributed by atoms with E-state index >= 15 is 0 Å². The molecule has 0 saturated carbocycles. The number of carbonyl (C=O) groups is 3. The van der Waals surface area contributed by atoms with Gasteiger partial charge in [0.1, 0.15) is 11.8 Å². The Balaban J connectivity index is 2.41. The van der Waals surface area contributed by atoms with Gasteiger partial charge in [-0.2, -0.15) is 0 Å². The third-order valence-electron chi connectivity index (χ3n) is 3.25. The van der Waals surface area contributed by atoms with Crippen LogP contribution in [-0.4, -0.2) is 45.2 Å². The van der Waals surface area contributed by atoms with Crippen molar-refractivity contribution in [2.45, 2.75) is 13.0 Å². The number of aromatic hydroxyl groups is 1. The van der Waals surface area contributed by atoms with Crippen LogP contribution in [0.4, 0.5) is 10.5 Å². The van der Waals surface area contributed by atoms with Gasteiger partial charge in [-0.05, 0) is 36.9 Å². The first-order chi connectivity index (χ1) is 11.3. The number of esters is 1. The molecule has 0 aliphatic carbocycles. The second-order valence-corrected chi connectivity index (χ2v) is 5.74. The second-order valence-electron chi connectivity index (χ2n) is 4.75. The first-order valence-corrected chi connectivity index (χ1v) is 7.40. The van der Waals surface area contributed by atoms with Crippen molar-refractivity contribution < 1.29 is 29.2 Å². The predicted molar refractivity (Wildman–Crippen MR) is 84.0 cm³/mol. The zero-order valence-electron chi connectivity index (χ0n) is 12.6. The molecule has 2 rings (SSSR count). The van der Waals surface area contributed by atoms with Gasteiger partial charge in [0.15, 0.2) is 0 Å². The van der Waals surface area contributed by atoms with E-state index < -0.39 is 28.1 Å². The van der Waals surface area contributed by atoms with E-state index in [4.69, 9.17) is 0 Å². The number of amides is 2. The Kier molecular flexibility index (Phi) is 4.88. The van der Waals surface area contributed by atoms with Crippen molar-refractivity contribution in [1.82, 2.24) is 4.90 Å². The van der Waals surface area contributed by atoms with Crippen LogP contribution in [0.5, 0.6) is 5.75 Å². The molecule has 1 aromatic carbocycles. The Morgan fingerprint density at radius 2 is 2.12 bits per heavy atom. The van der Waals surface area contributed by atoms with E-state index in [9.17, 15) is 29.6 Å². The van der Waals surface area contributed by atoms with Gasteiger partial charge in [-0.1, -0.05) is 0 Å². The number of ether oxygens (including phenoxy) is 1. The van der Waals surface area contributed by atoms with Gasteiger partial charge in [0, 0.05) is 6.07 Å². The maximum absolute atomic E-state index is 12.3. The van der Waals surface area contributed by atoms with Crippen LogP contribution in [0.1, 0.15) is 12.5 Å². The summed E-state index contributed by atoms with van der Waals surface area (Å²) >= 11 is 0.546. The standard InChI is InChI=1S/C14H12N2O7S/c1-7(13(19)23-2)15-12(18)11(24-14(15)20)6-8-5-9(17)3-4-10(8)16(21)22/h3-7,17H,1-2H3/b11-6+/t7-/m1/s1. The molecule has 1 atom stereocenters. The summed E-state index contributed by atoms with van der Waals surface area (Å²) in [6, 6.07) is 2.21. The molecule has 1 aromatic rings. The number of phenolic OH excluding ortho intramolecular Hbond substituents is 1. The summed E-state index contributed by atoms with van der Waals surface area (Å²) in [6.45, 7) is 1.34. The molecule has 1 N–H and O–H groups in total. The zero-order valence-corrected chi connectivity index (χ0v) is 13.4. The number of thioether (sulfide) groups is 1. The van der Waals surface area contributed by atoms with Crippen LogP contribution >= 0.6 is 11.8 Å². The molecule has 1 saturated heterocycles. The lowest BCUT2D eigenvalue weighted by molar-refractivity contribution is -0.385. The quantitative estimate of drug-likeness (QED) is 0.377. The molecule has 10 heteroatoms. The van der Waals surface area contributed by atoms with Gasteiger partial charge in [0.25, 0.3) is 16.8 Å². The molecule has 1 fully saturated rings. The summed E-state index contributed by atoms with van der Waals surface area (Å²) in [5.41, 5.74) is -0.364. The minimum atomic E-state index is -1.12. The minimum Gasteiger partial charge on any atom is -0.508 e. The largest absolute Gasteiger partial charge is 0.508 e. The van der Waals surface area contributed by atoms with Gasteiger partial charge in [0.2, 0.25) is 0 Å². The summed E-state index contributed by atoms with van der Waals surface area (Å²) in [7, 11) is 1.13. The number of nitro benzene ring substituents is 1. The van der Waals surface area contributed by atoms with Crippen molar-refractivity contribution in [3.63, 3.8) is 0 Å². The van der Waals surface area contributed by atoms with Crippen molar-refractivity contribution in [3.05, 3.63) is 38.8 Å². The van der Waals surface area contributed by atoms with E-state index in [-0.39, 0.29) is 21.9 Å². The number of hydrogen-bond acceptors (Lipinski definition) is 8. The highest BCUT2D eigenvalue weighted by Crippen LogP contribution is 2.36. The van der Waals surface area contributed by atoms with Crippen molar-refractivity contribution in [2.24, 2.45) is 0 Å². The second kappa shape index (κ2) is 6.71. The third-order valence-corrected chi connectivity index (χ3v) is 4.13. The summed E-state index contributed by atoms with van der Waals surface area (Å²) < 4.78 is 4.50. The minimum absolute atomic E-state index is 0.0313. The lowest BCUT2D eigenvalue weighted by atomic mass is 10.1. The molecule has 0 unspecified atom stereocenters. The fraction of sp³-hybridized carbons (Fsp3) is 0.214. The Bertz CT molecular complexity index is 774. The summed E-state index contributed by atoms with van der Waals surface area (Å²) in [5, 5.41) is 19.8. The molecule has 0 bridgehead atoms. The summed E-state index contributed by atoms with van der Waals surface area (Å²) in [6.07, 6.45) is 1.13. The average molecular weight is 352 g/mol. The number of nitrogens with zero attached hydrogens (tertiary/aromatic N) is 2. The van der Waals surface area contributed by atoms with Gasteiger partial charge in [-0.3, -0.25) is 24.6 Å². The number of phenols is 1. The van der Waals surface area contributed by atoms with Crippen LogP contribution in [0.2, 0.25) is 0 Å². The highest BCUT2D eigenvalue weighted by molar-refractivity contribution is 8.18. The first-order valence-electron chi connectivity index (χ1n) is 6.58. The van der Waals surface area contributed by atoms with Crippen molar-refractivity contribution in [2.75, 3.05) is 7.11 Å².